The monoisotopic (exact) mass is 679 g/mol. The number of amides is 2. The molecule has 13 heteroatoms. The second kappa shape index (κ2) is 18.5. The van der Waals surface area contributed by atoms with Crippen LogP contribution in [0.25, 0.3) is 0 Å². The molecule has 0 heterocycles. The number of benzene rings is 2. The minimum atomic E-state index is -1.33. The number of carbonyl (C=O) groups is 6. The number of hydrogen-bond donors (Lipinski definition) is 0. The first-order valence-corrected chi connectivity index (χ1v) is 14.9. The second-order valence-corrected chi connectivity index (χ2v) is 11.9. The summed E-state index contributed by atoms with van der Waals surface area (Å²) in [6, 6.07) is 8.70. The summed E-state index contributed by atoms with van der Waals surface area (Å²) in [5.41, 5.74) is 4.30. The Labute approximate surface area is 271 Å². The molecule has 2 rings (SSSR count). The number of anilines is 2. The van der Waals surface area contributed by atoms with Gasteiger partial charge in [0.15, 0.2) is 10.2 Å². The van der Waals surface area contributed by atoms with E-state index in [0.29, 0.717) is 11.4 Å². The van der Waals surface area contributed by atoms with E-state index in [1.165, 1.54) is 37.5 Å². The molecule has 0 N–H and O–H groups in total. The predicted octanol–water partition coefficient (Wildman–Crippen LogP) is 2.11. The van der Waals surface area contributed by atoms with Gasteiger partial charge in [0.25, 0.3) is 0 Å². The third-order valence-electron chi connectivity index (χ3n) is 6.15. The van der Waals surface area contributed by atoms with Gasteiger partial charge >= 0.3 is 17.1 Å². The van der Waals surface area contributed by atoms with Gasteiger partial charge in [-0.1, -0.05) is 59.9 Å². The van der Waals surface area contributed by atoms with Gasteiger partial charge in [-0.25, -0.2) is 0 Å². The van der Waals surface area contributed by atoms with Crippen molar-refractivity contribution in [1.29, 1.82) is 0 Å². The molecule has 1 radical (unpaired) electrons. The van der Waals surface area contributed by atoms with Crippen molar-refractivity contribution in [2.45, 2.75) is 67.5 Å². The van der Waals surface area contributed by atoms with Crippen LogP contribution in [0.4, 0.5) is 11.4 Å². The van der Waals surface area contributed by atoms with Crippen LogP contribution >= 0.6 is 23.5 Å². The molecule has 43 heavy (non-hydrogen) atoms. The molecule has 2 aromatic rings. The number of carboxylic acid groups (broad SMARTS) is 2. The molecule has 2 amide bonds. The standard InChI is InChI=1S/2C15H19NO4S.Cu/c2*1-9-6-5-7-10(2)14(9)16(11(3)15(19)20)13(18)8-21-12(4)17;/h2*5-7,11H,8H2,1-4H3,(H,19,20);/q;;+2/p-2. The third-order valence-corrected chi connectivity index (χ3v) is 7.75. The van der Waals surface area contributed by atoms with E-state index in [0.717, 1.165) is 45.8 Å². The van der Waals surface area contributed by atoms with Crippen LogP contribution in [0.15, 0.2) is 36.4 Å². The number of carboxylic acids is 2. The minimum Gasteiger partial charge on any atom is -0.548 e. The number of hydrogen-bond acceptors (Lipinski definition) is 10. The van der Waals surface area contributed by atoms with E-state index < -0.39 is 35.8 Å². The van der Waals surface area contributed by atoms with Gasteiger partial charge in [-0.05, 0) is 63.8 Å². The van der Waals surface area contributed by atoms with Crippen LogP contribution in [0, 0.1) is 27.7 Å². The van der Waals surface area contributed by atoms with E-state index in [1.807, 2.05) is 64.1 Å². The Kier molecular flexibility index (Phi) is 17.2. The largest absolute Gasteiger partial charge is 2.00 e. The number of nitrogens with zero attached hydrogens (tertiary/aromatic N) is 2. The molecule has 2 unspecified atom stereocenters. The molecule has 0 fully saturated rings. The van der Waals surface area contributed by atoms with Crippen molar-refractivity contribution in [3.05, 3.63) is 58.7 Å². The molecule has 2 atom stereocenters. The van der Waals surface area contributed by atoms with E-state index in [1.54, 1.807) is 0 Å². The maximum Gasteiger partial charge on any atom is 2.00 e. The van der Waals surface area contributed by atoms with Crippen molar-refractivity contribution in [2.24, 2.45) is 0 Å². The van der Waals surface area contributed by atoms with Crippen LogP contribution in [0.2, 0.25) is 0 Å². The summed E-state index contributed by atoms with van der Waals surface area (Å²) in [4.78, 5) is 71.5. The van der Waals surface area contributed by atoms with E-state index in [9.17, 15) is 39.0 Å². The number of para-hydroxylation sites is 2. The first kappa shape index (κ1) is 39.9. The van der Waals surface area contributed by atoms with Crippen LogP contribution in [0.1, 0.15) is 49.9 Å². The average molecular weight is 680 g/mol. The molecule has 0 aliphatic carbocycles. The van der Waals surface area contributed by atoms with Gasteiger partial charge in [0.05, 0.1) is 46.9 Å². The summed E-state index contributed by atoms with van der Waals surface area (Å²) in [5.74, 6) is -3.71. The van der Waals surface area contributed by atoms with Crippen molar-refractivity contribution in [2.75, 3.05) is 21.3 Å². The average Bonchev–Trinajstić information content (AvgIpc) is 2.89. The molecule has 0 aliphatic rings. The first-order chi connectivity index (χ1) is 19.5. The van der Waals surface area contributed by atoms with Gasteiger partial charge in [0, 0.05) is 13.8 Å². The van der Waals surface area contributed by atoms with E-state index in [-0.39, 0.29) is 38.8 Å². The van der Waals surface area contributed by atoms with Crippen LogP contribution in [0.5, 0.6) is 0 Å². The normalized spacial score (nSPS) is 11.5. The van der Waals surface area contributed by atoms with Crippen LogP contribution in [-0.2, 0) is 45.8 Å². The van der Waals surface area contributed by atoms with E-state index in [2.05, 4.69) is 0 Å². The Morgan fingerprint density at radius 2 is 0.884 bits per heavy atom. The number of carbonyl (C=O) groups excluding carboxylic acids is 6. The number of aryl methyl sites for hydroxylation is 4. The van der Waals surface area contributed by atoms with Gasteiger partial charge < -0.3 is 29.6 Å². The number of rotatable bonds is 10. The molecule has 0 bridgehead atoms. The van der Waals surface area contributed by atoms with Crippen molar-refractivity contribution in [1.82, 2.24) is 0 Å². The Morgan fingerprint density at radius 1 is 0.628 bits per heavy atom. The molecule has 0 aromatic heterocycles. The zero-order chi connectivity index (χ0) is 32.3. The van der Waals surface area contributed by atoms with E-state index >= 15 is 0 Å². The van der Waals surface area contributed by atoms with Crippen molar-refractivity contribution in [3.8, 4) is 0 Å². The zero-order valence-electron chi connectivity index (χ0n) is 25.3. The fraction of sp³-hybridized carbons (Fsp3) is 0.400. The maximum absolute atomic E-state index is 12.4. The third kappa shape index (κ3) is 11.8. The molecule has 0 saturated carbocycles. The summed E-state index contributed by atoms with van der Waals surface area (Å²) in [7, 11) is 0. The maximum atomic E-state index is 12.4. The predicted molar refractivity (Wildman–Crippen MR) is 162 cm³/mol. The molecule has 10 nitrogen and oxygen atoms in total. The van der Waals surface area contributed by atoms with Crippen LogP contribution < -0.4 is 20.0 Å². The van der Waals surface area contributed by atoms with Gasteiger partial charge in [0.1, 0.15) is 0 Å². The Hall–Kier alpha value is -3.12. The van der Waals surface area contributed by atoms with Gasteiger partial charge in [-0.3, -0.25) is 19.2 Å². The summed E-state index contributed by atoms with van der Waals surface area (Å²) in [6.07, 6.45) is 0. The molecule has 0 saturated heterocycles. The summed E-state index contributed by atoms with van der Waals surface area (Å²) < 4.78 is 0. The smallest absolute Gasteiger partial charge is 0.548 e. The topological polar surface area (TPSA) is 155 Å². The van der Waals surface area contributed by atoms with Gasteiger partial charge in [-0.15, -0.1) is 0 Å². The fourth-order valence-electron chi connectivity index (χ4n) is 4.12. The summed E-state index contributed by atoms with van der Waals surface area (Å²) in [5, 5.41) is 22.0. The molecular weight excluding hydrogens is 644 g/mol. The van der Waals surface area contributed by atoms with Gasteiger partial charge in [-0.2, -0.15) is 0 Å². The van der Waals surface area contributed by atoms with Crippen LogP contribution in [0.3, 0.4) is 0 Å². The zero-order valence-corrected chi connectivity index (χ0v) is 27.9. The quantitative estimate of drug-likeness (QED) is 0.341. The SMILES string of the molecule is CC(=O)SCC(=O)N(c1c(C)cccc1C)C(C)C(=O)[O-].CC(=O)SCC(=O)N(c1c(C)cccc1C)C(C)C(=O)[O-].[Cu+2]. The second-order valence-electron chi connectivity index (χ2n) is 9.56. The molecule has 2 aromatic carbocycles. The molecule has 0 spiro atoms. The summed E-state index contributed by atoms with van der Waals surface area (Å²) >= 11 is 1.72. The molecule has 0 aliphatic heterocycles. The van der Waals surface area contributed by atoms with E-state index in [4.69, 9.17) is 0 Å². The number of thioether (sulfide) groups is 2. The molecular formula is C30H36CuN2O8S2. The fourth-order valence-corrected chi connectivity index (χ4v) is 5.05. The first-order valence-electron chi connectivity index (χ1n) is 13.0. The molecule has 237 valence electrons. The summed E-state index contributed by atoms with van der Waals surface area (Å²) in [6.45, 7) is 12.8. The Balaban J connectivity index is 0.000000802. The minimum absolute atomic E-state index is 0. The Bertz CT molecular complexity index is 1210. The van der Waals surface area contributed by atoms with Crippen LogP contribution in [-0.4, -0.2) is 57.6 Å². The van der Waals surface area contributed by atoms with Crippen molar-refractivity contribution in [3.63, 3.8) is 0 Å². The van der Waals surface area contributed by atoms with Gasteiger partial charge in [0.2, 0.25) is 11.8 Å². The van der Waals surface area contributed by atoms with Crippen molar-refractivity contribution < 1.29 is 56.0 Å². The number of aliphatic carboxylic acids is 2. The Morgan fingerprint density at radius 3 is 1.09 bits per heavy atom. The van der Waals surface area contributed by atoms with Crippen molar-refractivity contribution >= 4 is 68.9 Å².